The number of piperidine rings is 1. The maximum atomic E-state index is 11.3. The Labute approximate surface area is 131 Å². The highest BCUT2D eigenvalue weighted by Gasteiger charge is 2.25. The molecule has 0 bridgehead atoms. The Morgan fingerprint density at radius 1 is 1.36 bits per heavy atom. The number of nitrogens with one attached hydrogen (secondary N) is 2. The molecule has 0 radical (unpaired) electrons. The summed E-state index contributed by atoms with van der Waals surface area (Å²) >= 11 is 0. The zero-order valence-electron chi connectivity index (χ0n) is 13.1. The van der Waals surface area contributed by atoms with Crippen LogP contribution in [0.2, 0.25) is 0 Å². The van der Waals surface area contributed by atoms with Crippen LogP contribution in [0.3, 0.4) is 0 Å². The van der Waals surface area contributed by atoms with Gasteiger partial charge in [-0.15, -0.1) is 0 Å². The normalized spacial score (nSPS) is 19.3. The first kappa shape index (κ1) is 15.1. The highest BCUT2D eigenvalue weighted by atomic mass is 16.6. The number of rotatable bonds is 5. The molecule has 1 fully saturated rings. The summed E-state index contributed by atoms with van der Waals surface area (Å²) in [5.74, 6) is 0. The highest BCUT2D eigenvalue weighted by Crippen LogP contribution is 2.37. The maximum Gasteiger partial charge on any atom is 0.292 e. The molecule has 0 aliphatic carbocycles. The predicted octanol–water partition coefficient (Wildman–Crippen LogP) is 2.85. The van der Waals surface area contributed by atoms with Crippen molar-refractivity contribution in [2.24, 2.45) is 0 Å². The zero-order chi connectivity index (χ0) is 15.5. The first-order valence-electron chi connectivity index (χ1n) is 8.18. The number of nitro groups is 1. The summed E-state index contributed by atoms with van der Waals surface area (Å²) in [4.78, 5) is 13.5. The van der Waals surface area contributed by atoms with E-state index >= 15 is 0 Å². The third kappa shape index (κ3) is 3.16. The Kier molecular flexibility index (Phi) is 4.47. The number of likely N-dealkylation sites (tertiary alicyclic amines) is 1. The van der Waals surface area contributed by atoms with Crippen molar-refractivity contribution < 1.29 is 4.92 Å². The first-order chi connectivity index (χ1) is 10.6. The smallest absolute Gasteiger partial charge is 0.292 e. The van der Waals surface area contributed by atoms with Crippen molar-refractivity contribution in [1.82, 2.24) is 4.90 Å². The van der Waals surface area contributed by atoms with Crippen molar-refractivity contribution >= 4 is 17.1 Å². The molecule has 0 spiro atoms. The van der Waals surface area contributed by atoms with Gasteiger partial charge in [-0.05, 0) is 45.3 Å². The molecule has 1 atom stereocenters. The van der Waals surface area contributed by atoms with Crippen LogP contribution >= 0.6 is 0 Å². The summed E-state index contributed by atoms with van der Waals surface area (Å²) in [5, 5.41) is 18.0. The molecule has 1 aromatic rings. The van der Waals surface area contributed by atoms with Gasteiger partial charge in [0.05, 0.1) is 4.92 Å². The lowest BCUT2D eigenvalue weighted by Crippen LogP contribution is -2.38. The summed E-state index contributed by atoms with van der Waals surface area (Å²) in [5.41, 5.74) is 2.97. The monoisotopic (exact) mass is 304 g/mol. The topological polar surface area (TPSA) is 70.4 Å². The Balaban J connectivity index is 1.75. The molecule has 0 saturated carbocycles. The van der Waals surface area contributed by atoms with E-state index in [0.29, 0.717) is 5.69 Å². The van der Waals surface area contributed by atoms with Gasteiger partial charge in [-0.25, -0.2) is 0 Å². The maximum absolute atomic E-state index is 11.3. The molecule has 2 heterocycles. The van der Waals surface area contributed by atoms with Crippen LogP contribution in [0.25, 0.3) is 0 Å². The van der Waals surface area contributed by atoms with E-state index in [2.05, 4.69) is 22.5 Å². The van der Waals surface area contributed by atoms with Gasteiger partial charge in [-0.2, -0.15) is 0 Å². The van der Waals surface area contributed by atoms with Gasteiger partial charge >= 0.3 is 0 Å². The van der Waals surface area contributed by atoms with Crippen molar-refractivity contribution in [3.63, 3.8) is 0 Å². The Morgan fingerprint density at radius 2 is 2.14 bits per heavy atom. The Bertz CT molecular complexity index is 555. The molecule has 1 saturated heterocycles. The molecule has 6 nitrogen and oxygen atoms in total. The second-order valence-corrected chi connectivity index (χ2v) is 6.33. The number of nitro benzene ring substituents is 1. The summed E-state index contributed by atoms with van der Waals surface area (Å²) < 4.78 is 0. The van der Waals surface area contributed by atoms with Crippen LogP contribution in [0.5, 0.6) is 0 Å². The highest BCUT2D eigenvalue weighted by molar-refractivity contribution is 5.77. The fraction of sp³-hybridized carbons (Fsp3) is 0.625. The molecule has 2 aliphatic rings. The molecule has 3 rings (SSSR count). The van der Waals surface area contributed by atoms with Gasteiger partial charge in [0.15, 0.2) is 0 Å². The number of fused-ring (bicyclic) bond motifs is 1. The molecule has 120 valence electrons. The minimum atomic E-state index is -0.283. The van der Waals surface area contributed by atoms with E-state index in [0.717, 1.165) is 43.9 Å². The molecule has 22 heavy (non-hydrogen) atoms. The number of nitrogens with zero attached hydrogens (tertiary/aromatic N) is 2. The average molecular weight is 304 g/mol. The van der Waals surface area contributed by atoms with Crippen LogP contribution in [0.15, 0.2) is 12.1 Å². The molecule has 2 N–H and O–H groups in total. The summed E-state index contributed by atoms with van der Waals surface area (Å²) in [7, 11) is 0. The molecule has 6 heteroatoms. The largest absolute Gasteiger partial charge is 0.384 e. The molecule has 0 amide bonds. The zero-order valence-corrected chi connectivity index (χ0v) is 13.1. The van der Waals surface area contributed by atoms with Gasteiger partial charge < -0.3 is 15.5 Å². The van der Waals surface area contributed by atoms with Crippen molar-refractivity contribution in [2.75, 3.05) is 36.8 Å². The van der Waals surface area contributed by atoms with Crippen molar-refractivity contribution in [1.29, 1.82) is 0 Å². The van der Waals surface area contributed by atoms with Gasteiger partial charge in [-0.3, -0.25) is 10.1 Å². The lowest BCUT2D eigenvalue weighted by molar-refractivity contribution is -0.384. The fourth-order valence-corrected chi connectivity index (χ4v) is 3.52. The Hall–Kier alpha value is -1.82. The number of benzene rings is 1. The first-order valence-corrected chi connectivity index (χ1v) is 8.18. The molecule has 1 unspecified atom stereocenters. The van der Waals surface area contributed by atoms with Crippen LogP contribution in [-0.2, 0) is 6.42 Å². The second kappa shape index (κ2) is 6.52. The number of hydrogen-bond acceptors (Lipinski definition) is 5. The van der Waals surface area contributed by atoms with E-state index in [4.69, 9.17) is 0 Å². The number of hydrogen-bond donors (Lipinski definition) is 2. The van der Waals surface area contributed by atoms with Gasteiger partial charge in [-0.1, -0.05) is 6.42 Å². The van der Waals surface area contributed by atoms with E-state index in [-0.39, 0.29) is 16.7 Å². The minimum Gasteiger partial charge on any atom is -0.384 e. The standard InChI is InChI=1S/C16H24N4O2/c1-12(11-19-9-3-2-4-10-19)18-16-13-7-8-17-14(13)5-6-15(16)20(21)22/h5-6,12,17-18H,2-4,7-11H2,1H3. The van der Waals surface area contributed by atoms with Crippen molar-refractivity contribution in [2.45, 2.75) is 38.6 Å². The Morgan fingerprint density at radius 3 is 2.86 bits per heavy atom. The van der Waals surface area contributed by atoms with E-state index in [1.54, 1.807) is 6.07 Å². The van der Waals surface area contributed by atoms with Crippen molar-refractivity contribution in [3.8, 4) is 0 Å². The molecule has 0 aromatic heterocycles. The van der Waals surface area contributed by atoms with Crippen LogP contribution in [-0.4, -0.2) is 42.0 Å². The van der Waals surface area contributed by atoms with Gasteiger partial charge in [0, 0.05) is 36.4 Å². The van der Waals surface area contributed by atoms with E-state index < -0.39 is 0 Å². The minimum absolute atomic E-state index is 0.188. The average Bonchev–Trinajstić information content (AvgIpc) is 2.97. The third-order valence-electron chi connectivity index (χ3n) is 4.55. The van der Waals surface area contributed by atoms with Gasteiger partial charge in [0.1, 0.15) is 5.69 Å². The third-order valence-corrected chi connectivity index (χ3v) is 4.55. The molecule has 2 aliphatic heterocycles. The molecule has 1 aromatic carbocycles. The van der Waals surface area contributed by atoms with E-state index in [9.17, 15) is 10.1 Å². The van der Waals surface area contributed by atoms with Crippen LogP contribution in [0.1, 0.15) is 31.7 Å². The summed E-state index contributed by atoms with van der Waals surface area (Å²) in [6.07, 6.45) is 4.69. The summed E-state index contributed by atoms with van der Waals surface area (Å²) in [6, 6.07) is 3.62. The van der Waals surface area contributed by atoms with Gasteiger partial charge in [0.25, 0.3) is 5.69 Å². The molecular formula is C16H24N4O2. The number of anilines is 2. The fourth-order valence-electron chi connectivity index (χ4n) is 3.52. The predicted molar refractivity (Wildman–Crippen MR) is 88.7 cm³/mol. The summed E-state index contributed by atoms with van der Waals surface area (Å²) in [6.45, 7) is 6.19. The van der Waals surface area contributed by atoms with E-state index in [1.165, 1.54) is 19.3 Å². The van der Waals surface area contributed by atoms with E-state index in [1.807, 2.05) is 6.07 Å². The quantitative estimate of drug-likeness (QED) is 0.646. The van der Waals surface area contributed by atoms with Crippen molar-refractivity contribution in [3.05, 3.63) is 27.8 Å². The van der Waals surface area contributed by atoms with Crippen LogP contribution < -0.4 is 10.6 Å². The lowest BCUT2D eigenvalue weighted by Gasteiger charge is -2.30. The SMILES string of the molecule is CC(CN1CCCCC1)Nc1c([N+](=O)[O-])ccc2c1CCN2. The lowest BCUT2D eigenvalue weighted by atomic mass is 10.1. The second-order valence-electron chi connectivity index (χ2n) is 6.33. The molecular weight excluding hydrogens is 280 g/mol. The van der Waals surface area contributed by atoms with Gasteiger partial charge in [0.2, 0.25) is 0 Å². The van der Waals surface area contributed by atoms with Crippen LogP contribution in [0, 0.1) is 10.1 Å². The van der Waals surface area contributed by atoms with Crippen LogP contribution in [0.4, 0.5) is 17.1 Å².